The van der Waals surface area contributed by atoms with Crippen molar-refractivity contribution in [1.29, 1.82) is 0 Å². The summed E-state index contributed by atoms with van der Waals surface area (Å²) in [5.74, 6) is -2.11. The van der Waals surface area contributed by atoms with E-state index in [-0.39, 0.29) is 17.3 Å². The van der Waals surface area contributed by atoms with Gasteiger partial charge in [0.15, 0.2) is 0 Å². The van der Waals surface area contributed by atoms with Gasteiger partial charge in [0, 0.05) is 23.6 Å². The summed E-state index contributed by atoms with van der Waals surface area (Å²) in [6.07, 6.45) is 3.16. The van der Waals surface area contributed by atoms with Crippen LogP contribution in [-0.4, -0.2) is 34.4 Å². The van der Waals surface area contributed by atoms with Gasteiger partial charge in [-0.1, -0.05) is 62.4 Å². The fraction of sp³-hybridized carbons (Fsp3) is 0.161. The molecule has 0 bridgehead atoms. The maximum Gasteiger partial charge on any atom is 0.338 e. The van der Waals surface area contributed by atoms with Gasteiger partial charge >= 0.3 is 5.97 Å². The van der Waals surface area contributed by atoms with Crippen LogP contribution in [0.5, 0.6) is 0 Å². The summed E-state index contributed by atoms with van der Waals surface area (Å²) in [6.45, 7) is 4.19. The van der Waals surface area contributed by atoms with Gasteiger partial charge in [0.2, 0.25) is 0 Å². The molecular formula is C31H26N2O5. The van der Waals surface area contributed by atoms with Crippen molar-refractivity contribution < 1.29 is 24.2 Å². The first kappa shape index (κ1) is 24.9. The second-order valence-electron chi connectivity index (χ2n) is 9.52. The highest BCUT2D eigenvalue weighted by molar-refractivity contribution is 6.51. The number of anilines is 1. The zero-order valence-corrected chi connectivity index (χ0v) is 21.0. The molecule has 0 radical (unpaired) electrons. The number of hydrogen-bond donors (Lipinski definition) is 1. The third kappa shape index (κ3) is 4.54. The molecule has 1 atom stereocenters. The Hall–Kier alpha value is -4.78. The van der Waals surface area contributed by atoms with Gasteiger partial charge in [-0.05, 0) is 52.6 Å². The van der Waals surface area contributed by atoms with E-state index in [2.05, 4.69) is 4.98 Å². The van der Waals surface area contributed by atoms with Crippen molar-refractivity contribution in [3.05, 3.63) is 114 Å². The summed E-state index contributed by atoms with van der Waals surface area (Å²) in [4.78, 5) is 44.8. The van der Waals surface area contributed by atoms with Crippen molar-refractivity contribution in [1.82, 2.24) is 4.98 Å². The first-order valence-corrected chi connectivity index (χ1v) is 12.3. The van der Waals surface area contributed by atoms with Crippen molar-refractivity contribution in [2.24, 2.45) is 5.92 Å². The van der Waals surface area contributed by atoms with Gasteiger partial charge < -0.3 is 9.84 Å². The molecule has 1 fully saturated rings. The number of esters is 1. The molecule has 190 valence electrons. The molecule has 1 saturated heterocycles. The lowest BCUT2D eigenvalue weighted by atomic mass is 9.94. The largest absolute Gasteiger partial charge is 0.507 e. The van der Waals surface area contributed by atoms with Gasteiger partial charge in [0.05, 0.1) is 23.8 Å². The molecule has 2 heterocycles. The Bertz CT molecular complexity index is 1550. The number of hydrogen-bond acceptors (Lipinski definition) is 6. The van der Waals surface area contributed by atoms with Crippen LogP contribution in [0.15, 0.2) is 96.8 Å². The lowest BCUT2D eigenvalue weighted by Crippen LogP contribution is -2.29. The third-order valence-electron chi connectivity index (χ3n) is 6.42. The molecule has 1 aliphatic rings. The Labute approximate surface area is 220 Å². The highest BCUT2D eigenvalue weighted by Gasteiger charge is 2.47. The van der Waals surface area contributed by atoms with Gasteiger partial charge in [0.25, 0.3) is 11.7 Å². The van der Waals surface area contributed by atoms with Crippen LogP contribution in [0.2, 0.25) is 0 Å². The van der Waals surface area contributed by atoms with E-state index >= 15 is 0 Å². The van der Waals surface area contributed by atoms with Crippen molar-refractivity contribution in [2.75, 3.05) is 11.5 Å². The minimum atomic E-state index is -0.915. The lowest BCUT2D eigenvalue weighted by molar-refractivity contribution is -0.132. The van der Waals surface area contributed by atoms with Gasteiger partial charge in [-0.15, -0.1) is 0 Å². The Morgan fingerprint density at radius 2 is 1.71 bits per heavy atom. The average Bonchev–Trinajstić information content (AvgIpc) is 3.21. The number of carbonyl (C=O) groups is 3. The van der Waals surface area contributed by atoms with Crippen LogP contribution in [0.1, 0.15) is 41.4 Å². The number of benzene rings is 3. The SMILES string of the molecule is CC(C)COC(=O)c1ccc(N2C(=O)C(=O)/C(=C(\O)c3cccc4ccccc34)C2c2cccnc2)cc1. The predicted molar refractivity (Wildman–Crippen MR) is 145 cm³/mol. The van der Waals surface area contributed by atoms with Gasteiger partial charge in [0.1, 0.15) is 5.76 Å². The number of amides is 1. The zero-order chi connectivity index (χ0) is 26.8. The number of nitrogens with zero attached hydrogens (tertiary/aromatic N) is 2. The standard InChI is InChI=1S/C31H26N2O5/c1-19(2)18-38-31(37)21-12-14-23(15-13-21)33-27(22-9-6-16-32-17-22)26(29(35)30(33)36)28(34)25-11-5-8-20-7-3-4-10-24(20)25/h3-17,19,27,34H,18H2,1-2H3/b28-26-. The zero-order valence-electron chi connectivity index (χ0n) is 21.0. The summed E-state index contributed by atoms with van der Waals surface area (Å²) in [5.41, 5.74) is 1.73. The molecule has 1 N–H and O–H groups in total. The molecule has 7 heteroatoms. The highest BCUT2D eigenvalue weighted by Crippen LogP contribution is 2.42. The fourth-order valence-corrected chi connectivity index (χ4v) is 4.61. The Morgan fingerprint density at radius 3 is 2.42 bits per heavy atom. The summed E-state index contributed by atoms with van der Waals surface area (Å²) in [7, 11) is 0. The van der Waals surface area contributed by atoms with E-state index in [4.69, 9.17) is 4.74 Å². The number of Topliss-reactive ketones (excluding diaryl/α,β-unsaturated/α-hetero) is 1. The average molecular weight is 507 g/mol. The molecule has 38 heavy (non-hydrogen) atoms. The number of carbonyl (C=O) groups excluding carboxylic acids is 3. The number of ether oxygens (including phenoxy) is 1. The maximum absolute atomic E-state index is 13.4. The topological polar surface area (TPSA) is 96.8 Å². The summed E-state index contributed by atoms with van der Waals surface area (Å²) in [6, 6.07) is 21.8. The van der Waals surface area contributed by atoms with Crippen LogP contribution in [0.25, 0.3) is 16.5 Å². The minimum absolute atomic E-state index is 0.0280. The number of ketones is 1. The van der Waals surface area contributed by atoms with E-state index in [9.17, 15) is 19.5 Å². The van der Waals surface area contributed by atoms with Crippen molar-refractivity contribution in [2.45, 2.75) is 19.9 Å². The molecule has 1 unspecified atom stereocenters. The second-order valence-corrected chi connectivity index (χ2v) is 9.52. The normalized spacial score (nSPS) is 16.8. The predicted octanol–water partition coefficient (Wildman–Crippen LogP) is 5.67. The van der Waals surface area contributed by atoms with E-state index in [1.54, 1.807) is 60.9 Å². The Balaban J connectivity index is 1.62. The summed E-state index contributed by atoms with van der Waals surface area (Å²) < 4.78 is 5.29. The van der Waals surface area contributed by atoms with Crippen LogP contribution >= 0.6 is 0 Å². The van der Waals surface area contributed by atoms with Gasteiger partial charge in [-0.25, -0.2) is 4.79 Å². The van der Waals surface area contributed by atoms with E-state index in [1.165, 1.54) is 4.90 Å². The summed E-state index contributed by atoms with van der Waals surface area (Å²) in [5, 5.41) is 13.2. The van der Waals surface area contributed by atoms with Gasteiger partial charge in [-0.2, -0.15) is 0 Å². The summed E-state index contributed by atoms with van der Waals surface area (Å²) >= 11 is 0. The molecular weight excluding hydrogens is 480 g/mol. The molecule has 4 aromatic rings. The molecule has 0 spiro atoms. The second kappa shape index (κ2) is 10.3. The number of aliphatic hydroxyl groups excluding tert-OH is 1. The van der Waals surface area contributed by atoms with Crippen LogP contribution < -0.4 is 4.90 Å². The number of pyridine rings is 1. The molecule has 0 aliphatic carbocycles. The number of aromatic nitrogens is 1. The molecule has 1 amide bonds. The van der Waals surface area contributed by atoms with Crippen LogP contribution in [-0.2, 0) is 14.3 Å². The number of aliphatic hydroxyl groups is 1. The molecule has 1 aromatic heterocycles. The molecule has 0 saturated carbocycles. The van der Waals surface area contributed by atoms with Gasteiger partial charge in [-0.3, -0.25) is 19.5 Å². The highest BCUT2D eigenvalue weighted by atomic mass is 16.5. The van der Waals surface area contributed by atoms with Crippen molar-refractivity contribution in [3.63, 3.8) is 0 Å². The van der Waals surface area contributed by atoms with Crippen molar-refractivity contribution in [3.8, 4) is 0 Å². The minimum Gasteiger partial charge on any atom is -0.507 e. The van der Waals surface area contributed by atoms with E-state index in [0.29, 0.717) is 29.0 Å². The Morgan fingerprint density at radius 1 is 0.974 bits per heavy atom. The molecule has 5 rings (SSSR count). The number of rotatable bonds is 6. The molecule has 7 nitrogen and oxygen atoms in total. The van der Waals surface area contributed by atoms with Crippen LogP contribution in [0.4, 0.5) is 5.69 Å². The number of fused-ring (bicyclic) bond motifs is 1. The van der Waals surface area contributed by atoms with Crippen LogP contribution in [0.3, 0.4) is 0 Å². The van der Waals surface area contributed by atoms with E-state index in [0.717, 1.165) is 10.8 Å². The van der Waals surface area contributed by atoms with E-state index < -0.39 is 23.7 Å². The van der Waals surface area contributed by atoms with Crippen molar-refractivity contribution >= 4 is 39.9 Å². The lowest BCUT2D eigenvalue weighted by Gasteiger charge is -2.25. The van der Waals surface area contributed by atoms with Crippen LogP contribution in [0, 0.1) is 5.92 Å². The first-order valence-electron chi connectivity index (χ1n) is 12.3. The quantitative estimate of drug-likeness (QED) is 0.157. The third-order valence-corrected chi connectivity index (χ3v) is 6.42. The fourth-order valence-electron chi connectivity index (χ4n) is 4.61. The monoisotopic (exact) mass is 506 g/mol. The smallest absolute Gasteiger partial charge is 0.338 e. The first-order chi connectivity index (χ1) is 18.4. The molecule has 3 aromatic carbocycles. The molecule has 1 aliphatic heterocycles. The Kier molecular flexibility index (Phi) is 6.75. The van der Waals surface area contributed by atoms with E-state index in [1.807, 2.05) is 44.2 Å². The maximum atomic E-state index is 13.4.